The van der Waals surface area contributed by atoms with Gasteiger partial charge in [0.05, 0.1) is 18.2 Å². The van der Waals surface area contributed by atoms with E-state index in [2.05, 4.69) is 5.32 Å². The number of hydrogen-bond donors (Lipinski definition) is 1. The monoisotopic (exact) mass is 362 g/mol. The van der Waals surface area contributed by atoms with Crippen molar-refractivity contribution in [3.05, 3.63) is 63.6 Å². The minimum Gasteiger partial charge on any atom is -0.301 e. The van der Waals surface area contributed by atoms with E-state index in [0.29, 0.717) is 22.3 Å². The highest BCUT2D eigenvalue weighted by molar-refractivity contribution is 6.32. The van der Waals surface area contributed by atoms with Gasteiger partial charge in [0.25, 0.3) is 5.91 Å². The Morgan fingerprint density at radius 1 is 1.12 bits per heavy atom. The molecule has 1 aliphatic rings. The van der Waals surface area contributed by atoms with E-state index in [1.807, 2.05) is 19.1 Å². The van der Waals surface area contributed by atoms with E-state index in [1.54, 1.807) is 30.3 Å². The summed E-state index contributed by atoms with van der Waals surface area (Å²) < 4.78 is 0. The summed E-state index contributed by atoms with van der Waals surface area (Å²) in [4.78, 5) is 26.0. The molecule has 6 heteroatoms. The van der Waals surface area contributed by atoms with Gasteiger partial charge in [-0.3, -0.25) is 9.59 Å². The summed E-state index contributed by atoms with van der Waals surface area (Å²) in [6.07, 6.45) is 0.137. The number of nitrogens with one attached hydrogen (secondary N) is 1. The van der Waals surface area contributed by atoms with Crippen molar-refractivity contribution in [3.63, 3.8) is 0 Å². The number of carbonyl (C=O) groups is 2. The summed E-state index contributed by atoms with van der Waals surface area (Å²) in [5.74, 6) is -0.484. The Labute approximate surface area is 150 Å². The Morgan fingerprint density at radius 2 is 1.83 bits per heavy atom. The predicted octanol–water partition coefficient (Wildman–Crippen LogP) is 3.72. The summed E-state index contributed by atoms with van der Waals surface area (Å²) in [5, 5.41) is 4.33. The molecule has 0 aliphatic carbocycles. The molecule has 0 saturated carbocycles. The molecule has 24 heavy (non-hydrogen) atoms. The van der Waals surface area contributed by atoms with Crippen LogP contribution in [0.15, 0.2) is 42.5 Å². The van der Waals surface area contributed by atoms with E-state index in [0.717, 1.165) is 11.1 Å². The summed E-state index contributed by atoms with van der Waals surface area (Å²) in [6, 6.07) is 12.0. The van der Waals surface area contributed by atoms with Crippen LogP contribution >= 0.6 is 23.2 Å². The number of carbonyl (C=O) groups excluding carboxylic acids is 2. The molecule has 1 aliphatic heterocycles. The lowest BCUT2D eigenvalue weighted by Crippen LogP contribution is -2.38. The zero-order chi connectivity index (χ0) is 17.3. The lowest BCUT2D eigenvalue weighted by Gasteiger charge is -2.16. The molecule has 0 unspecified atom stereocenters. The summed E-state index contributed by atoms with van der Waals surface area (Å²) in [6.45, 7) is 2.36. The van der Waals surface area contributed by atoms with Crippen LogP contribution < -0.4 is 10.2 Å². The van der Waals surface area contributed by atoms with Gasteiger partial charge >= 0.3 is 0 Å². The van der Waals surface area contributed by atoms with E-state index in [4.69, 9.17) is 23.2 Å². The number of amides is 2. The van der Waals surface area contributed by atoms with Crippen LogP contribution in [0.25, 0.3) is 0 Å². The third kappa shape index (κ3) is 3.46. The maximum Gasteiger partial charge on any atom is 0.251 e. The molecular weight excluding hydrogens is 347 g/mol. The molecule has 1 fully saturated rings. The Balaban J connectivity index is 1.71. The molecule has 0 radical (unpaired) electrons. The van der Waals surface area contributed by atoms with E-state index in [1.165, 1.54) is 4.90 Å². The number of hydrogen-bond acceptors (Lipinski definition) is 3. The number of anilines is 1. The second-order valence-corrected chi connectivity index (χ2v) is 6.61. The molecule has 1 N–H and O–H groups in total. The van der Waals surface area contributed by atoms with Crippen molar-refractivity contribution in [3.8, 4) is 0 Å². The average molecular weight is 363 g/mol. The van der Waals surface area contributed by atoms with Gasteiger partial charge in [0.2, 0.25) is 5.91 Å². The summed E-state index contributed by atoms with van der Waals surface area (Å²) >= 11 is 12.0. The van der Waals surface area contributed by atoms with Crippen LogP contribution in [0.4, 0.5) is 5.69 Å². The van der Waals surface area contributed by atoms with Crippen LogP contribution in [0.2, 0.25) is 10.0 Å². The number of halogens is 2. The zero-order valence-electron chi connectivity index (χ0n) is 13.1. The van der Waals surface area contributed by atoms with Crippen LogP contribution in [-0.2, 0) is 16.1 Å². The van der Waals surface area contributed by atoms with E-state index in [-0.39, 0.29) is 18.2 Å². The Hall–Kier alpha value is -1.88. The molecule has 124 valence electrons. The molecule has 2 aromatic rings. The van der Waals surface area contributed by atoms with Gasteiger partial charge < -0.3 is 5.32 Å². The largest absolute Gasteiger partial charge is 0.301 e. The lowest BCUT2D eigenvalue weighted by atomic mass is 10.2. The number of benzene rings is 2. The SMILES string of the molecule is Cc1ccc(N2C(=O)C[C@H](NCc3ccc(Cl)cc3)C2=O)cc1Cl. The van der Waals surface area contributed by atoms with Gasteiger partial charge in [-0.15, -0.1) is 0 Å². The summed E-state index contributed by atoms with van der Waals surface area (Å²) in [7, 11) is 0. The first-order valence-electron chi connectivity index (χ1n) is 7.56. The number of aryl methyl sites for hydroxylation is 1. The number of imide groups is 1. The quantitative estimate of drug-likeness (QED) is 0.843. The first kappa shape index (κ1) is 17.0. The highest BCUT2D eigenvalue weighted by Crippen LogP contribution is 2.27. The van der Waals surface area contributed by atoms with Crippen molar-refractivity contribution in [1.29, 1.82) is 0 Å². The van der Waals surface area contributed by atoms with E-state index >= 15 is 0 Å². The maximum absolute atomic E-state index is 12.6. The van der Waals surface area contributed by atoms with Gasteiger partial charge in [-0.25, -0.2) is 4.90 Å². The molecule has 1 atom stereocenters. The smallest absolute Gasteiger partial charge is 0.251 e. The fraction of sp³-hybridized carbons (Fsp3) is 0.222. The Kier molecular flexibility index (Phi) is 4.90. The number of nitrogens with zero attached hydrogens (tertiary/aromatic N) is 1. The van der Waals surface area contributed by atoms with E-state index in [9.17, 15) is 9.59 Å². The van der Waals surface area contributed by atoms with Gasteiger partial charge in [0, 0.05) is 16.6 Å². The van der Waals surface area contributed by atoms with Gasteiger partial charge in [-0.05, 0) is 42.3 Å². The standard InChI is InChI=1S/C18H16Cl2N2O2/c1-11-2-7-14(8-15(11)20)22-17(23)9-16(18(22)24)21-10-12-3-5-13(19)6-4-12/h2-8,16,21H,9-10H2,1H3/t16-/m0/s1. The van der Waals surface area contributed by atoms with Crippen LogP contribution in [0.1, 0.15) is 17.5 Å². The molecule has 0 bridgehead atoms. The minimum absolute atomic E-state index is 0.137. The summed E-state index contributed by atoms with van der Waals surface area (Å²) in [5.41, 5.74) is 2.41. The minimum atomic E-state index is -0.534. The van der Waals surface area contributed by atoms with Crippen molar-refractivity contribution in [2.24, 2.45) is 0 Å². The molecule has 3 rings (SSSR count). The first-order chi connectivity index (χ1) is 11.5. The molecule has 1 saturated heterocycles. The zero-order valence-corrected chi connectivity index (χ0v) is 14.6. The van der Waals surface area contributed by atoms with E-state index < -0.39 is 6.04 Å². The third-order valence-electron chi connectivity index (χ3n) is 4.03. The van der Waals surface area contributed by atoms with Crippen molar-refractivity contribution >= 4 is 40.7 Å². The topological polar surface area (TPSA) is 49.4 Å². The normalized spacial score (nSPS) is 17.6. The van der Waals surface area contributed by atoms with Gasteiger partial charge in [-0.1, -0.05) is 41.4 Å². The first-order valence-corrected chi connectivity index (χ1v) is 8.32. The molecule has 2 amide bonds. The predicted molar refractivity (Wildman–Crippen MR) is 95.4 cm³/mol. The molecule has 0 spiro atoms. The molecule has 0 aromatic heterocycles. The third-order valence-corrected chi connectivity index (χ3v) is 4.69. The molecular formula is C18H16Cl2N2O2. The fourth-order valence-corrected chi connectivity index (χ4v) is 2.93. The fourth-order valence-electron chi connectivity index (χ4n) is 2.63. The molecule has 1 heterocycles. The van der Waals surface area contributed by atoms with Crippen molar-refractivity contribution in [2.75, 3.05) is 4.90 Å². The van der Waals surface area contributed by atoms with Gasteiger partial charge in [-0.2, -0.15) is 0 Å². The second kappa shape index (κ2) is 6.93. The Morgan fingerprint density at radius 3 is 2.50 bits per heavy atom. The second-order valence-electron chi connectivity index (χ2n) is 5.76. The van der Waals surface area contributed by atoms with Crippen molar-refractivity contribution in [2.45, 2.75) is 25.9 Å². The molecule has 2 aromatic carbocycles. The number of rotatable bonds is 4. The van der Waals surface area contributed by atoms with Crippen LogP contribution in [-0.4, -0.2) is 17.9 Å². The van der Waals surface area contributed by atoms with Crippen LogP contribution in [0.3, 0.4) is 0 Å². The average Bonchev–Trinajstić information content (AvgIpc) is 2.84. The van der Waals surface area contributed by atoms with Crippen LogP contribution in [0, 0.1) is 6.92 Å². The van der Waals surface area contributed by atoms with Gasteiger partial charge in [0.1, 0.15) is 0 Å². The highest BCUT2D eigenvalue weighted by Gasteiger charge is 2.39. The highest BCUT2D eigenvalue weighted by atomic mass is 35.5. The lowest BCUT2D eigenvalue weighted by molar-refractivity contribution is -0.121. The van der Waals surface area contributed by atoms with Crippen molar-refractivity contribution < 1.29 is 9.59 Å². The van der Waals surface area contributed by atoms with Crippen LogP contribution in [0.5, 0.6) is 0 Å². The Bertz CT molecular complexity index is 790. The molecule has 4 nitrogen and oxygen atoms in total. The van der Waals surface area contributed by atoms with Gasteiger partial charge in [0.15, 0.2) is 0 Å². The van der Waals surface area contributed by atoms with Crippen molar-refractivity contribution in [1.82, 2.24) is 5.32 Å². The maximum atomic E-state index is 12.6.